The SMILES string of the molecule is C/C=C(/C)C(=O)OC[C@@H]1C(c2ccccc2)OC[C@@H]1Cc1ccc(C(F)(F)F)cc1. The number of esters is 1. The van der Waals surface area contributed by atoms with E-state index < -0.39 is 11.7 Å². The molecule has 0 saturated carbocycles. The summed E-state index contributed by atoms with van der Waals surface area (Å²) in [5.74, 6) is -0.446. The number of benzene rings is 2. The first-order chi connectivity index (χ1) is 14.3. The molecule has 3 nitrogen and oxygen atoms in total. The van der Waals surface area contributed by atoms with Crippen LogP contribution in [0.4, 0.5) is 13.2 Å². The van der Waals surface area contributed by atoms with Gasteiger partial charge in [0.1, 0.15) is 0 Å². The Balaban J connectivity index is 1.76. The second-order valence-corrected chi connectivity index (χ2v) is 7.56. The molecule has 1 saturated heterocycles. The molecule has 3 rings (SSSR count). The first-order valence-corrected chi connectivity index (χ1v) is 9.92. The maximum atomic E-state index is 12.8. The third-order valence-corrected chi connectivity index (χ3v) is 5.55. The summed E-state index contributed by atoms with van der Waals surface area (Å²) in [7, 11) is 0. The van der Waals surface area contributed by atoms with E-state index >= 15 is 0 Å². The molecule has 30 heavy (non-hydrogen) atoms. The molecule has 0 N–H and O–H groups in total. The summed E-state index contributed by atoms with van der Waals surface area (Å²) in [6.45, 7) is 4.11. The van der Waals surface area contributed by atoms with Crippen LogP contribution in [0.5, 0.6) is 0 Å². The van der Waals surface area contributed by atoms with Gasteiger partial charge in [0.15, 0.2) is 0 Å². The van der Waals surface area contributed by atoms with Gasteiger partial charge in [0, 0.05) is 11.5 Å². The van der Waals surface area contributed by atoms with Crippen LogP contribution in [0, 0.1) is 11.8 Å². The molecule has 6 heteroatoms. The fourth-order valence-corrected chi connectivity index (χ4v) is 3.68. The predicted molar refractivity (Wildman–Crippen MR) is 108 cm³/mol. The molecule has 2 aromatic rings. The van der Waals surface area contributed by atoms with Gasteiger partial charge < -0.3 is 9.47 Å². The summed E-state index contributed by atoms with van der Waals surface area (Å²) < 4.78 is 50.0. The summed E-state index contributed by atoms with van der Waals surface area (Å²) in [6.07, 6.45) is -2.34. The molecule has 0 radical (unpaired) electrons. The van der Waals surface area contributed by atoms with Gasteiger partial charge in [-0.25, -0.2) is 4.79 Å². The van der Waals surface area contributed by atoms with Crippen LogP contribution < -0.4 is 0 Å². The summed E-state index contributed by atoms with van der Waals surface area (Å²) in [6, 6.07) is 14.9. The molecule has 0 aromatic heterocycles. The Morgan fingerprint density at radius 2 is 1.80 bits per heavy atom. The van der Waals surface area contributed by atoms with Crippen LogP contribution in [0.15, 0.2) is 66.2 Å². The minimum atomic E-state index is -4.35. The monoisotopic (exact) mass is 418 g/mol. The first-order valence-electron chi connectivity index (χ1n) is 9.92. The van der Waals surface area contributed by atoms with Crippen LogP contribution >= 0.6 is 0 Å². The van der Waals surface area contributed by atoms with Crippen molar-refractivity contribution in [3.63, 3.8) is 0 Å². The molecule has 0 bridgehead atoms. The Labute approximate surface area is 174 Å². The van der Waals surface area contributed by atoms with E-state index in [1.807, 2.05) is 30.3 Å². The van der Waals surface area contributed by atoms with Crippen molar-refractivity contribution in [2.75, 3.05) is 13.2 Å². The zero-order chi connectivity index (χ0) is 21.7. The molecule has 160 valence electrons. The Bertz CT molecular complexity index is 873. The lowest BCUT2D eigenvalue weighted by Crippen LogP contribution is -2.24. The van der Waals surface area contributed by atoms with Crippen molar-refractivity contribution < 1.29 is 27.4 Å². The number of carbonyl (C=O) groups is 1. The van der Waals surface area contributed by atoms with Gasteiger partial charge in [-0.1, -0.05) is 48.5 Å². The van der Waals surface area contributed by atoms with E-state index in [1.165, 1.54) is 12.1 Å². The van der Waals surface area contributed by atoms with Gasteiger partial charge >= 0.3 is 12.1 Å². The summed E-state index contributed by atoms with van der Waals surface area (Å²) >= 11 is 0. The van der Waals surface area contributed by atoms with Crippen molar-refractivity contribution in [1.82, 2.24) is 0 Å². The lowest BCUT2D eigenvalue weighted by Gasteiger charge is -2.23. The number of ether oxygens (including phenoxy) is 2. The highest BCUT2D eigenvalue weighted by atomic mass is 19.4. The fraction of sp³-hybridized carbons (Fsp3) is 0.375. The molecule has 0 aliphatic carbocycles. The average Bonchev–Trinajstić information content (AvgIpc) is 3.14. The van der Waals surface area contributed by atoms with Crippen LogP contribution in [-0.4, -0.2) is 19.2 Å². The molecule has 0 amide bonds. The summed E-state index contributed by atoms with van der Waals surface area (Å²) in [5, 5.41) is 0. The van der Waals surface area contributed by atoms with E-state index in [-0.39, 0.29) is 30.5 Å². The number of alkyl halides is 3. The molecule has 1 heterocycles. The van der Waals surface area contributed by atoms with E-state index in [0.717, 1.165) is 23.3 Å². The third-order valence-electron chi connectivity index (χ3n) is 5.55. The van der Waals surface area contributed by atoms with E-state index in [1.54, 1.807) is 19.9 Å². The van der Waals surface area contributed by atoms with E-state index in [0.29, 0.717) is 18.6 Å². The largest absolute Gasteiger partial charge is 0.462 e. The van der Waals surface area contributed by atoms with E-state index in [2.05, 4.69) is 0 Å². The van der Waals surface area contributed by atoms with Gasteiger partial charge in [-0.3, -0.25) is 0 Å². The van der Waals surface area contributed by atoms with Gasteiger partial charge in [-0.05, 0) is 49.4 Å². The zero-order valence-corrected chi connectivity index (χ0v) is 17.0. The second kappa shape index (κ2) is 9.47. The predicted octanol–water partition coefficient (Wildman–Crippen LogP) is 5.76. The Hall–Kier alpha value is -2.60. The lowest BCUT2D eigenvalue weighted by atomic mass is 9.84. The van der Waals surface area contributed by atoms with Crippen molar-refractivity contribution in [1.29, 1.82) is 0 Å². The highest BCUT2D eigenvalue weighted by molar-refractivity contribution is 5.87. The zero-order valence-electron chi connectivity index (χ0n) is 17.0. The molecule has 1 aliphatic heterocycles. The van der Waals surface area contributed by atoms with Gasteiger partial charge in [0.05, 0.1) is 24.9 Å². The molecular formula is C24H25F3O3. The normalized spacial score (nSPS) is 22.2. The standard InChI is InChI=1S/C24H25F3O3/c1-3-16(2)23(28)30-15-21-19(14-29-22(21)18-7-5-4-6-8-18)13-17-9-11-20(12-10-17)24(25,26)27/h3-12,19,21-22H,13-15H2,1-2H3/b16-3-/t19-,21-,22?/m0/s1. The number of hydrogen-bond donors (Lipinski definition) is 0. The molecule has 3 atom stereocenters. The van der Waals surface area contributed by atoms with Crippen LogP contribution in [0.25, 0.3) is 0 Å². The van der Waals surface area contributed by atoms with Crippen LogP contribution in [0.3, 0.4) is 0 Å². The number of halogens is 3. The van der Waals surface area contributed by atoms with Gasteiger partial charge in [-0.15, -0.1) is 0 Å². The maximum Gasteiger partial charge on any atom is 0.416 e. The fourth-order valence-electron chi connectivity index (χ4n) is 3.68. The Morgan fingerprint density at radius 3 is 2.40 bits per heavy atom. The number of hydrogen-bond acceptors (Lipinski definition) is 3. The minimum Gasteiger partial charge on any atom is -0.462 e. The molecule has 2 aromatic carbocycles. The Kier molecular flexibility index (Phi) is 6.98. The smallest absolute Gasteiger partial charge is 0.416 e. The van der Waals surface area contributed by atoms with E-state index in [4.69, 9.17) is 9.47 Å². The van der Waals surface area contributed by atoms with Gasteiger partial charge in [0.25, 0.3) is 0 Å². The van der Waals surface area contributed by atoms with Crippen molar-refractivity contribution in [2.24, 2.45) is 11.8 Å². The number of allylic oxidation sites excluding steroid dienone is 1. The van der Waals surface area contributed by atoms with Crippen molar-refractivity contribution in [3.8, 4) is 0 Å². The van der Waals surface area contributed by atoms with Crippen LogP contribution in [0.1, 0.15) is 36.6 Å². The quantitative estimate of drug-likeness (QED) is 0.442. The topological polar surface area (TPSA) is 35.5 Å². The number of rotatable bonds is 6. The molecular weight excluding hydrogens is 393 g/mol. The second-order valence-electron chi connectivity index (χ2n) is 7.56. The van der Waals surface area contributed by atoms with Gasteiger partial charge in [-0.2, -0.15) is 13.2 Å². The molecule has 1 unspecified atom stereocenters. The number of carbonyl (C=O) groups excluding carboxylic acids is 1. The molecule has 1 aliphatic rings. The maximum absolute atomic E-state index is 12.8. The van der Waals surface area contributed by atoms with Crippen molar-refractivity contribution >= 4 is 5.97 Å². The summed E-state index contributed by atoms with van der Waals surface area (Å²) in [4.78, 5) is 12.1. The van der Waals surface area contributed by atoms with E-state index in [9.17, 15) is 18.0 Å². The third kappa shape index (κ3) is 5.30. The van der Waals surface area contributed by atoms with Crippen LogP contribution in [0.2, 0.25) is 0 Å². The van der Waals surface area contributed by atoms with Crippen LogP contribution in [-0.2, 0) is 26.9 Å². The average molecular weight is 418 g/mol. The molecule has 0 spiro atoms. The lowest BCUT2D eigenvalue weighted by molar-refractivity contribution is -0.141. The van der Waals surface area contributed by atoms with Crippen molar-refractivity contribution in [3.05, 3.63) is 82.9 Å². The highest BCUT2D eigenvalue weighted by Gasteiger charge is 2.39. The highest BCUT2D eigenvalue weighted by Crippen LogP contribution is 2.40. The van der Waals surface area contributed by atoms with Gasteiger partial charge in [0.2, 0.25) is 0 Å². The first kappa shape index (κ1) is 22.1. The molecule has 1 fully saturated rings. The Morgan fingerprint density at radius 1 is 1.13 bits per heavy atom. The minimum absolute atomic E-state index is 0.0191. The van der Waals surface area contributed by atoms with Crippen molar-refractivity contribution in [2.45, 2.75) is 32.5 Å². The summed E-state index contributed by atoms with van der Waals surface area (Å²) in [5.41, 5.74) is 1.66.